The third kappa shape index (κ3) is 6.56. The fourth-order valence-electron chi connectivity index (χ4n) is 4.47. The third-order valence-corrected chi connectivity index (χ3v) is 8.94. The summed E-state index contributed by atoms with van der Waals surface area (Å²) >= 11 is 12.0. The van der Waals surface area contributed by atoms with Gasteiger partial charge in [0.2, 0.25) is 21.9 Å². The Bertz CT molecular complexity index is 1580. The van der Waals surface area contributed by atoms with Crippen molar-refractivity contribution in [1.82, 2.24) is 13.9 Å². The second kappa shape index (κ2) is 12.1. The molecule has 1 saturated heterocycles. The van der Waals surface area contributed by atoms with Crippen LogP contribution in [0.1, 0.15) is 18.4 Å². The van der Waals surface area contributed by atoms with E-state index in [1.54, 1.807) is 16.7 Å². The lowest BCUT2D eigenvalue weighted by molar-refractivity contribution is -0.116. The van der Waals surface area contributed by atoms with Gasteiger partial charge >= 0.3 is 0 Å². The molecule has 1 N–H and O–H groups in total. The van der Waals surface area contributed by atoms with Crippen LogP contribution in [0.15, 0.2) is 83.9 Å². The molecule has 1 unspecified atom stereocenters. The maximum absolute atomic E-state index is 13.6. The van der Waals surface area contributed by atoms with Crippen LogP contribution in [-0.2, 0) is 19.6 Å². The molecule has 40 heavy (non-hydrogen) atoms. The Morgan fingerprint density at radius 1 is 1.02 bits per heavy atom. The minimum atomic E-state index is -4.01. The number of hydrogen-bond donors (Lipinski definition) is 1. The van der Waals surface area contributed by atoms with Crippen LogP contribution in [0.4, 0.5) is 5.95 Å². The number of carbonyl (C=O) groups is 1. The Morgan fingerprint density at radius 3 is 2.30 bits per heavy atom. The van der Waals surface area contributed by atoms with Crippen LogP contribution in [0, 0.1) is 6.92 Å². The van der Waals surface area contributed by atoms with E-state index in [4.69, 9.17) is 27.9 Å². The molecule has 1 atom stereocenters. The number of halogens is 2. The summed E-state index contributed by atoms with van der Waals surface area (Å²) in [5.41, 5.74) is 3.32. The Labute approximate surface area is 243 Å². The average Bonchev–Trinajstić information content (AvgIpc) is 3.60. The molecule has 3 aromatic carbocycles. The van der Waals surface area contributed by atoms with Crippen molar-refractivity contribution >= 4 is 45.1 Å². The molecule has 2 heterocycles. The molecular weight excluding hydrogens is 571 g/mol. The van der Waals surface area contributed by atoms with Crippen LogP contribution < -0.4 is 5.32 Å². The molecule has 8 nitrogen and oxygen atoms in total. The number of nitrogens with one attached hydrogen (secondary N) is 1. The van der Waals surface area contributed by atoms with E-state index in [1.807, 2.05) is 49.5 Å². The molecule has 1 amide bonds. The van der Waals surface area contributed by atoms with Gasteiger partial charge in [0.25, 0.3) is 0 Å². The highest BCUT2D eigenvalue weighted by molar-refractivity contribution is 7.89. The predicted molar refractivity (Wildman–Crippen MR) is 157 cm³/mol. The molecule has 208 valence electrons. The van der Waals surface area contributed by atoms with Crippen molar-refractivity contribution in [1.29, 1.82) is 0 Å². The van der Waals surface area contributed by atoms with Gasteiger partial charge in [-0.15, -0.1) is 0 Å². The number of hydrogen-bond acceptors (Lipinski definition) is 5. The van der Waals surface area contributed by atoms with Gasteiger partial charge in [0, 0.05) is 40.6 Å². The van der Waals surface area contributed by atoms with Gasteiger partial charge in [0.1, 0.15) is 0 Å². The molecule has 1 aliphatic rings. The van der Waals surface area contributed by atoms with Crippen molar-refractivity contribution in [3.8, 4) is 16.9 Å². The van der Waals surface area contributed by atoms with Gasteiger partial charge < -0.3 is 4.74 Å². The minimum absolute atomic E-state index is 0.0499. The number of imidazole rings is 1. The minimum Gasteiger partial charge on any atom is -0.377 e. The zero-order chi connectivity index (χ0) is 28.3. The molecule has 0 radical (unpaired) electrons. The first-order chi connectivity index (χ1) is 19.2. The van der Waals surface area contributed by atoms with E-state index < -0.39 is 22.5 Å². The van der Waals surface area contributed by atoms with E-state index in [0.29, 0.717) is 22.3 Å². The fraction of sp³-hybridized carbons (Fsp3) is 0.241. The predicted octanol–water partition coefficient (Wildman–Crippen LogP) is 5.96. The Hall–Kier alpha value is -3.21. The first-order valence-electron chi connectivity index (χ1n) is 12.8. The number of aryl methyl sites for hydroxylation is 1. The monoisotopic (exact) mass is 598 g/mol. The van der Waals surface area contributed by atoms with Crippen molar-refractivity contribution < 1.29 is 17.9 Å². The molecule has 0 aliphatic carbocycles. The van der Waals surface area contributed by atoms with E-state index in [-0.39, 0.29) is 23.5 Å². The van der Waals surface area contributed by atoms with Gasteiger partial charge in [-0.2, -0.15) is 4.31 Å². The van der Waals surface area contributed by atoms with Gasteiger partial charge in [-0.3, -0.25) is 14.7 Å². The summed E-state index contributed by atoms with van der Waals surface area (Å²) < 4.78 is 35.8. The number of nitrogens with zero attached hydrogens (tertiary/aromatic N) is 3. The number of anilines is 1. The van der Waals surface area contributed by atoms with Crippen molar-refractivity contribution in [2.24, 2.45) is 0 Å². The summed E-state index contributed by atoms with van der Waals surface area (Å²) in [6.07, 6.45) is 3.09. The lowest BCUT2D eigenvalue weighted by Gasteiger charge is -2.24. The quantitative estimate of drug-likeness (QED) is 0.256. The van der Waals surface area contributed by atoms with Gasteiger partial charge in [0.15, 0.2) is 0 Å². The van der Waals surface area contributed by atoms with Gasteiger partial charge in [-0.05, 0) is 68.3 Å². The summed E-state index contributed by atoms with van der Waals surface area (Å²) in [6, 6.07) is 20.9. The van der Waals surface area contributed by atoms with Crippen LogP contribution in [0.25, 0.3) is 16.9 Å². The molecule has 5 rings (SSSR count). The lowest BCUT2D eigenvalue weighted by atomic mass is 10.2. The van der Waals surface area contributed by atoms with Crippen LogP contribution in [-0.4, -0.2) is 54.0 Å². The SMILES string of the molecule is Cc1ccc(-n2cc(-c3ccc(Cl)cc3)nc2NC(=O)CN(CC2CCCO2)S(=O)(=O)c2ccc(Cl)cc2)cc1. The molecule has 1 aliphatic heterocycles. The topological polar surface area (TPSA) is 93.5 Å². The first kappa shape index (κ1) is 28.3. The number of carbonyl (C=O) groups excluding carboxylic acids is 1. The summed E-state index contributed by atoms with van der Waals surface area (Å²) in [6.45, 7) is 2.19. The number of amides is 1. The molecule has 0 saturated carbocycles. The molecule has 0 bridgehead atoms. The maximum atomic E-state index is 13.6. The maximum Gasteiger partial charge on any atom is 0.243 e. The summed E-state index contributed by atoms with van der Waals surface area (Å²) in [4.78, 5) is 18.1. The van der Waals surface area contributed by atoms with Gasteiger partial charge in [-0.1, -0.05) is 53.0 Å². The Balaban J connectivity index is 1.44. The largest absolute Gasteiger partial charge is 0.377 e. The highest BCUT2D eigenvalue weighted by Crippen LogP contribution is 2.27. The van der Waals surface area contributed by atoms with Crippen molar-refractivity contribution in [3.05, 3.63) is 94.6 Å². The number of sulfonamides is 1. The van der Waals surface area contributed by atoms with Crippen LogP contribution in [0.2, 0.25) is 10.0 Å². The standard InChI is InChI=1S/C29H28Cl2N4O4S/c1-20-4-12-24(13-5-20)35-18-27(21-6-8-22(30)9-7-21)32-29(35)33-28(36)19-34(17-25-3-2-16-39-25)40(37,38)26-14-10-23(31)11-15-26/h4-15,18,25H,2-3,16-17,19H2,1H3,(H,32,33,36). The van der Waals surface area contributed by atoms with Gasteiger partial charge in [0.05, 0.1) is 23.2 Å². The fourth-order valence-corrected chi connectivity index (χ4v) is 6.15. The van der Waals surface area contributed by atoms with E-state index in [0.717, 1.165) is 34.0 Å². The van der Waals surface area contributed by atoms with E-state index >= 15 is 0 Å². The van der Waals surface area contributed by atoms with Crippen LogP contribution in [0.3, 0.4) is 0 Å². The Kier molecular flexibility index (Phi) is 8.58. The molecule has 1 fully saturated rings. The van der Waals surface area contributed by atoms with Crippen molar-refractivity contribution in [2.45, 2.75) is 30.8 Å². The zero-order valence-corrected chi connectivity index (χ0v) is 24.1. The first-order valence-corrected chi connectivity index (χ1v) is 15.0. The Morgan fingerprint density at radius 2 is 1.68 bits per heavy atom. The third-order valence-electron chi connectivity index (χ3n) is 6.61. The normalized spacial score (nSPS) is 15.4. The van der Waals surface area contributed by atoms with Crippen LogP contribution in [0.5, 0.6) is 0 Å². The van der Waals surface area contributed by atoms with Crippen LogP contribution >= 0.6 is 23.2 Å². The molecule has 11 heteroatoms. The smallest absolute Gasteiger partial charge is 0.243 e. The second-order valence-electron chi connectivity index (χ2n) is 9.60. The lowest BCUT2D eigenvalue weighted by Crippen LogP contribution is -2.42. The second-order valence-corrected chi connectivity index (χ2v) is 12.4. The highest BCUT2D eigenvalue weighted by Gasteiger charge is 2.31. The molecule has 0 spiro atoms. The van der Waals surface area contributed by atoms with Gasteiger partial charge in [-0.25, -0.2) is 13.4 Å². The molecule has 4 aromatic rings. The van der Waals surface area contributed by atoms with Crippen molar-refractivity contribution in [2.75, 3.05) is 25.0 Å². The van der Waals surface area contributed by atoms with E-state index in [2.05, 4.69) is 10.3 Å². The van der Waals surface area contributed by atoms with Crippen molar-refractivity contribution in [3.63, 3.8) is 0 Å². The number of benzene rings is 3. The van der Waals surface area contributed by atoms with E-state index in [9.17, 15) is 13.2 Å². The summed E-state index contributed by atoms with van der Waals surface area (Å²) in [5, 5.41) is 3.85. The zero-order valence-electron chi connectivity index (χ0n) is 21.8. The van der Waals surface area contributed by atoms with E-state index in [1.165, 1.54) is 24.3 Å². The highest BCUT2D eigenvalue weighted by atomic mass is 35.5. The number of aromatic nitrogens is 2. The molecular formula is C29H28Cl2N4O4S. The summed E-state index contributed by atoms with van der Waals surface area (Å²) in [5.74, 6) is -0.267. The summed E-state index contributed by atoms with van der Waals surface area (Å²) in [7, 11) is -4.01. The number of ether oxygens (including phenoxy) is 1. The number of rotatable bonds is 9. The average molecular weight is 600 g/mol. The molecule has 1 aromatic heterocycles.